The van der Waals surface area contributed by atoms with Crippen molar-refractivity contribution < 1.29 is 9.53 Å². The van der Waals surface area contributed by atoms with Gasteiger partial charge in [0.25, 0.3) is 0 Å². The number of fused-ring (bicyclic) bond motifs is 1. The van der Waals surface area contributed by atoms with Gasteiger partial charge in [0, 0.05) is 12.0 Å². The second-order valence-corrected chi connectivity index (χ2v) is 5.16. The molecule has 2 atom stereocenters. The normalized spacial score (nSPS) is 29.9. The summed E-state index contributed by atoms with van der Waals surface area (Å²) in [5.74, 6) is 1.54. The molecular formula is C14H17NO2. The van der Waals surface area contributed by atoms with E-state index in [0.29, 0.717) is 16.7 Å². The van der Waals surface area contributed by atoms with Gasteiger partial charge in [-0.25, -0.2) is 0 Å². The average molecular weight is 231 g/mol. The predicted octanol–water partition coefficient (Wildman–Crippen LogP) is 1.76. The Morgan fingerprint density at radius 1 is 1.53 bits per heavy atom. The van der Waals surface area contributed by atoms with Crippen LogP contribution in [0.25, 0.3) is 0 Å². The van der Waals surface area contributed by atoms with Crippen LogP contribution in [0.15, 0.2) is 18.2 Å². The maximum Gasteiger partial charge on any atom is 0.163 e. The van der Waals surface area contributed by atoms with E-state index in [1.54, 1.807) is 14.0 Å². The second-order valence-electron chi connectivity index (χ2n) is 5.16. The van der Waals surface area contributed by atoms with Crippen molar-refractivity contribution in [1.29, 1.82) is 0 Å². The summed E-state index contributed by atoms with van der Waals surface area (Å²) in [7, 11) is 1.63. The standard InChI is InChI=1S/C14H17NO2/c1-9(16)12-4-3-10(5-13(12)17-2)14-6-11(14)7-15-8-14/h3-5,11,15H,6-8H2,1-2H3/t11-,14+/m0/s1. The van der Waals surface area contributed by atoms with Crippen LogP contribution >= 0.6 is 0 Å². The van der Waals surface area contributed by atoms with Crippen LogP contribution in [0, 0.1) is 5.92 Å². The molecule has 2 fully saturated rings. The number of hydrogen-bond acceptors (Lipinski definition) is 3. The first-order chi connectivity index (χ1) is 8.17. The van der Waals surface area contributed by atoms with Crippen LogP contribution in [0.4, 0.5) is 0 Å². The first-order valence-electron chi connectivity index (χ1n) is 6.07. The molecule has 0 unspecified atom stereocenters. The number of ketones is 1. The number of carbonyl (C=O) groups excluding carboxylic acids is 1. The first-order valence-corrected chi connectivity index (χ1v) is 6.07. The van der Waals surface area contributed by atoms with Gasteiger partial charge in [0.05, 0.1) is 12.7 Å². The van der Waals surface area contributed by atoms with Crippen molar-refractivity contribution >= 4 is 5.78 Å². The van der Waals surface area contributed by atoms with Crippen LogP contribution in [0.2, 0.25) is 0 Å². The average Bonchev–Trinajstić information content (AvgIpc) is 2.91. The summed E-state index contributed by atoms with van der Waals surface area (Å²) in [4.78, 5) is 11.5. The highest BCUT2D eigenvalue weighted by Crippen LogP contribution is 2.56. The second kappa shape index (κ2) is 3.57. The quantitative estimate of drug-likeness (QED) is 0.806. The number of benzene rings is 1. The van der Waals surface area contributed by atoms with E-state index in [1.807, 2.05) is 12.1 Å². The molecule has 1 heterocycles. The van der Waals surface area contributed by atoms with Crippen molar-refractivity contribution in [3.63, 3.8) is 0 Å². The van der Waals surface area contributed by atoms with E-state index in [4.69, 9.17) is 4.74 Å². The Labute approximate surface area is 101 Å². The van der Waals surface area contributed by atoms with Crippen molar-refractivity contribution in [3.05, 3.63) is 29.3 Å². The number of methoxy groups -OCH3 is 1. The fraction of sp³-hybridized carbons (Fsp3) is 0.500. The molecule has 0 amide bonds. The number of hydrogen-bond donors (Lipinski definition) is 1. The number of piperidine rings is 1. The molecule has 1 aliphatic heterocycles. The molecule has 1 N–H and O–H groups in total. The molecule has 1 aromatic carbocycles. The fourth-order valence-electron chi connectivity index (χ4n) is 3.08. The molecule has 17 heavy (non-hydrogen) atoms. The van der Waals surface area contributed by atoms with E-state index in [1.165, 1.54) is 12.0 Å². The molecule has 1 saturated heterocycles. The van der Waals surface area contributed by atoms with Crippen molar-refractivity contribution in [2.24, 2.45) is 5.92 Å². The lowest BCUT2D eigenvalue weighted by molar-refractivity contribution is 0.101. The molecule has 90 valence electrons. The Balaban J connectivity index is 2.00. The summed E-state index contributed by atoms with van der Waals surface area (Å²) >= 11 is 0. The number of nitrogens with one attached hydrogen (secondary N) is 1. The largest absolute Gasteiger partial charge is 0.496 e. The van der Waals surface area contributed by atoms with Crippen molar-refractivity contribution in [2.45, 2.75) is 18.8 Å². The van der Waals surface area contributed by atoms with Crippen LogP contribution in [-0.4, -0.2) is 26.0 Å². The predicted molar refractivity (Wildman–Crippen MR) is 65.7 cm³/mol. The molecule has 2 aliphatic rings. The minimum Gasteiger partial charge on any atom is -0.496 e. The molecule has 0 radical (unpaired) electrons. The SMILES string of the molecule is COc1cc([C@@]23CNC[C@@H]2C3)ccc1C(C)=O. The third kappa shape index (κ3) is 1.49. The number of ether oxygens (including phenoxy) is 1. The monoisotopic (exact) mass is 231 g/mol. The maximum absolute atomic E-state index is 11.5. The van der Waals surface area contributed by atoms with E-state index in [0.717, 1.165) is 19.0 Å². The topological polar surface area (TPSA) is 38.3 Å². The lowest BCUT2D eigenvalue weighted by Crippen LogP contribution is -2.19. The Kier molecular flexibility index (Phi) is 2.26. The van der Waals surface area contributed by atoms with Crippen LogP contribution in [0.5, 0.6) is 5.75 Å². The summed E-state index contributed by atoms with van der Waals surface area (Å²) in [5.41, 5.74) is 2.31. The Morgan fingerprint density at radius 3 is 2.88 bits per heavy atom. The molecule has 0 bridgehead atoms. The number of carbonyl (C=O) groups is 1. The van der Waals surface area contributed by atoms with Gasteiger partial charge in [-0.15, -0.1) is 0 Å². The van der Waals surface area contributed by atoms with Crippen molar-refractivity contribution in [3.8, 4) is 5.75 Å². The van der Waals surface area contributed by atoms with E-state index < -0.39 is 0 Å². The number of rotatable bonds is 3. The first kappa shape index (κ1) is 10.8. The van der Waals surface area contributed by atoms with E-state index in [9.17, 15) is 4.79 Å². The molecule has 1 aromatic rings. The van der Waals surface area contributed by atoms with E-state index in [2.05, 4.69) is 11.4 Å². The fourth-order valence-corrected chi connectivity index (χ4v) is 3.08. The minimum atomic E-state index is 0.0581. The lowest BCUT2D eigenvalue weighted by atomic mass is 9.93. The van der Waals surface area contributed by atoms with Gasteiger partial charge in [-0.1, -0.05) is 6.07 Å². The number of Topliss-reactive ketones (excluding diaryl/α,β-unsaturated/α-hetero) is 1. The van der Waals surface area contributed by atoms with Crippen LogP contribution < -0.4 is 10.1 Å². The zero-order valence-electron chi connectivity index (χ0n) is 10.2. The molecule has 1 saturated carbocycles. The Hall–Kier alpha value is -1.35. The Morgan fingerprint density at radius 2 is 2.35 bits per heavy atom. The lowest BCUT2D eigenvalue weighted by Gasteiger charge is -2.15. The van der Waals surface area contributed by atoms with Crippen LogP contribution in [-0.2, 0) is 5.41 Å². The van der Waals surface area contributed by atoms with E-state index >= 15 is 0 Å². The minimum absolute atomic E-state index is 0.0581. The van der Waals surface area contributed by atoms with Gasteiger partial charge in [-0.2, -0.15) is 0 Å². The third-order valence-corrected chi connectivity index (χ3v) is 4.22. The summed E-state index contributed by atoms with van der Waals surface area (Å²) in [6, 6.07) is 6.04. The highest BCUT2D eigenvalue weighted by atomic mass is 16.5. The summed E-state index contributed by atoms with van der Waals surface area (Å²) in [6.07, 6.45) is 1.27. The van der Waals surface area contributed by atoms with Gasteiger partial charge in [-0.05, 0) is 43.5 Å². The van der Waals surface area contributed by atoms with Crippen molar-refractivity contribution in [1.82, 2.24) is 5.32 Å². The molecule has 1 aliphatic carbocycles. The van der Waals surface area contributed by atoms with Gasteiger partial charge in [0.15, 0.2) is 5.78 Å². The molecule has 0 aromatic heterocycles. The van der Waals surface area contributed by atoms with Crippen LogP contribution in [0.3, 0.4) is 0 Å². The zero-order valence-corrected chi connectivity index (χ0v) is 10.2. The molecule has 0 spiro atoms. The summed E-state index contributed by atoms with van der Waals surface area (Å²) < 4.78 is 5.33. The van der Waals surface area contributed by atoms with Gasteiger partial charge >= 0.3 is 0 Å². The molecular weight excluding hydrogens is 214 g/mol. The zero-order chi connectivity index (χ0) is 12.0. The molecule has 3 nitrogen and oxygen atoms in total. The molecule has 3 rings (SSSR count). The van der Waals surface area contributed by atoms with Gasteiger partial charge < -0.3 is 10.1 Å². The van der Waals surface area contributed by atoms with Crippen molar-refractivity contribution in [2.75, 3.05) is 20.2 Å². The van der Waals surface area contributed by atoms with Gasteiger partial charge in [0.1, 0.15) is 5.75 Å². The summed E-state index contributed by atoms with van der Waals surface area (Å²) in [5, 5.41) is 3.43. The smallest absolute Gasteiger partial charge is 0.163 e. The van der Waals surface area contributed by atoms with Gasteiger partial charge in [-0.3, -0.25) is 4.79 Å². The van der Waals surface area contributed by atoms with Crippen LogP contribution in [0.1, 0.15) is 29.3 Å². The third-order valence-electron chi connectivity index (χ3n) is 4.22. The van der Waals surface area contributed by atoms with Gasteiger partial charge in [0.2, 0.25) is 0 Å². The Bertz CT molecular complexity index is 483. The highest BCUT2D eigenvalue weighted by Gasteiger charge is 2.58. The van der Waals surface area contributed by atoms with E-state index in [-0.39, 0.29) is 5.78 Å². The maximum atomic E-state index is 11.5. The highest BCUT2D eigenvalue weighted by molar-refractivity contribution is 5.96. The molecule has 3 heteroatoms. The summed E-state index contributed by atoms with van der Waals surface area (Å²) in [6.45, 7) is 3.75.